The summed E-state index contributed by atoms with van der Waals surface area (Å²) in [5, 5.41) is 13.4. The Morgan fingerprint density at radius 2 is 2.41 bits per heavy atom. The van der Waals surface area contributed by atoms with E-state index >= 15 is 0 Å². The Bertz CT molecular complexity index is 588. The normalized spacial score (nSPS) is 17.5. The Morgan fingerprint density at radius 3 is 3.09 bits per heavy atom. The molecule has 8 heteroatoms. The minimum Gasteiger partial charge on any atom is -0.504 e. The van der Waals surface area contributed by atoms with Crippen molar-refractivity contribution in [2.24, 2.45) is 5.10 Å². The smallest absolute Gasteiger partial charge is 0.241 e. The van der Waals surface area contributed by atoms with Gasteiger partial charge < -0.3 is 9.84 Å². The van der Waals surface area contributed by atoms with E-state index in [9.17, 15) is 14.7 Å². The summed E-state index contributed by atoms with van der Waals surface area (Å²) in [5.74, 6) is -0.0204. The van der Waals surface area contributed by atoms with Gasteiger partial charge in [0.2, 0.25) is 11.8 Å². The molecule has 1 unspecified atom stereocenters. The van der Waals surface area contributed by atoms with Gasteiger partial charge in [-0.15, -0.1) is 0 Å². The standard InChI is InChI=1S/C14H18N4O4/c1-2-22-12-5-9(3-4-11(12)19)8-15-17-13(20)6-10-7-14(21)18-16-10/h3-5,8,10,16,19H,2,6-7H2,1H3,(H,17,20)(H,18,21)/b15-8+. The lowest BCUT2D eigenvalue weighted by Crippen LogP contribution is -2.34. The van der Waals surface area contributed by atoms with Crippen molar-refractivity contribution in [1.82, 2.24) is 16.3 Å². The molecular formula is C14H18N4O4. The third kappa shape index (κ3) is 4.45. The van der Waals surface area contributed by atoms with Gasteiger partial charge in [-0.2, -0.15) is 5.10 Å². The molecule has 118 valence electrons. The van der Waals surface area contributed by atoms with Crippen molar-refractivity contribution in [1.29, 1.82) is 0 Å². The van der Waals surface area contributed by atoms with Crippen LogP contribution in [0, 0.1) is 0 Å². The van der Waals surface area contributed by atoms with Crippen molar-refractivity contribution in [3.8, 4) is 11.5 Å². The van der Waals surface area contributed by atoms with Crippen LogP contribution in [0.4, 0.5) is 0 Å². The fourth-order valence-electron chi connectivity index (χ4n) is 1.96. The molecule has 2 rings (SSSR count). The molecule has 0 bridgehead atoms. The van der Waals surface area contributed by atoms with Crippen molar-refractivity contribution in [3.63, 3.8) is 0 Å². The number of hydrazone groups is 1. The third-order valence-electron chi connectivity index (χ3n) is 2.97. The fraction of sp³-hybridized carbons (Fsp3) is 0.357. The summed E-state index contributed by atoms with van der Waals surface area (Å²) >= 11 is 0. The molecule has 1 aromatic rings. The van der Waals surface area contributed by atoms with E-state index in [2.05, 4.69) is 21.4 Å². The zero-order valence-corrected chi connectivity index (χ0v) is 12.1. The van der Waals surface area contributed by atoms with Crippen LogP contribution >= 0.6 is 0 Å². The van der Waals surface area contributed by atoms with E-state index in [0.717, 1.165) is 0 Å². The van der Waals surface area contributed by atoms with Crippen LogP contribution in [-0.4, -0.2) is 35.8 Å². The second-order valence-electron chi connectivity index (χ2n) is 4.75. The molecule has 2 amide bonds. The number of rotatable bonds is 6. The Kier molecular flexibility index (Phi) is 5.31. The van der Waals surface area contributed by atoms with Gasteiger partial charge in [0.1, 0.15) is 0 Å². The molecule has 0 spiro atoms. The Labute approximate surface area is 127 Å². The molecular weight excluding hydrogens is 288 g/mol. The lowest BCUT2D eigenvalue weighted by Gasteiger charge is -2.07. The summed E-state index contributed by atoms with van der Waals surface area (Å²) in [6.45, 7) is 2.25. The average molecular weight is 306 g/mol. The second kappa shape index (κ2) is 7.41. The number of nitrogens with zero attached hydrogens (tertiary/aromatic N) is 1. The molecule has 22 heavy (non-hydrogen) atoms. The molecule has 1 saturated heterocycles. The number of ether oxygens (including phenoxy) is 1. The van der Waals surface area contributed by atoms with Gasteiger partial charge in [-0.3, -0.25) is 15.0 Å². The van der Waals surface area contributed by atoms with Crippen LogP contribution in [0.25, 0.3) is 0 Å². The molecule has 4 N–H and O–H groups in total. The van der Waals surface area contributed by atoms with Crippen LogP contribution in [0.15, 0.2) is 23.3 Å². The topological polar surface area (TPSA) is 112 Å². The zero-order valence-electron chi connectivity index (χ0n) is 12.1. The molecule has 0 aromatic heterocycles. The summed E-state index contributed by atoms with van der Waals surface area (Å²) in [4.78, 5) is 22.6. The molecule has 1 atom stereocenters. The van der Waals surface area contributed by atoms with Crippen molar-refractivity contribution in [3.05, 3.63) is 23.8 Å². The molecule has 1 aliphatic heterocycles. The molecule has 0 aliphatic carbocycles. The van der Waals surface area contributed by atoms with E-state index < -0.39 is 0 Å². The highest BCUT2D eigenvalue weighted by atomic mass is 16.5. The second-order valence-corrected chi connectivity index (χ2v) is 4.75. The van der Waals surface area contributed by atoms with Gasteiger partial charge in [-0.05, 0) is 30.7 Å². The van der Waals surface area contributed by atoms with E-state index in [-0.39, 0.29) is 36.4 Å². The first kappa shape index (κ1) is 15.8. The highest BCUT2D eigenvalue weighted by Crippen LogP contribution is 2.26. The van der Waals surface area contributed by atoms with Crippen molar-refractivity contribution in [2.45, 2.75) is 25.8 Å². The van der Waals surface area contributed by atoms with Gasteiger partial charge in [0.05, 0.1) is 12.8 Å². The van der Waals surface area contributed by atoms with E-state index in [1.54, 1.807) is 12.1 Å². The Balaban J connectivity index is 1.85. The fourth-order valence-corrected chi connectivity index (χ4v) is 1.96. The molecule has 1 aromatic carbocycles. The van der Waals surface area contributed by atoms with Crippen LogP contribution in [0.5, 0.6) is 11.5 Å². The molecule has 0 radical (unpaired) electrons. The van der Waals surface area contributed by atoms with Crippen LogP contribution in [0.3, 0.4) is 0 Å². The van der Waals surface area contributed by atoms with E-state index in [4.69, 9.17) is 4.74 Å². The van der Waals surface area contributed by atoms with Gasteiger partial charge in [0.15, 0.2) is 11.5 Å². The minimum atomic E-state index is -0.297. The predicted molar refractivity (Wildman–Crippen MR) is 79.3 cm³/mol. The number of aromatic hydroxyl groups is 1. The SMILES string of the molecule is CCOc1cc(/C=N/NC(=O)CC2CC(=O)NN2)ccc1O. The first-order valence-corrected chi connectivity index (χ1v) is 6.90. The lowest BCUT2D eigenvalue weighted by atomic mass is 10.1. The number of amides is 2. The maximum absolute atomic E-state index is 11.7. The number of benzene rings is 1. The zero-order chi connectivity index (χ0) is 15.9. The monoisotopic (exact) mass is 306 g/mol. The molecule has 0 saturated carbocycles. The number of nitrogens with one attached hydrogen (secondary N) is 3. The number of hydrogen-bond donors (Lipinski definition) is 4. The summed E-state index contributed by atoms with van der Waals surface area (Å²) < 4.78 is 5.26. The minimum absolute atomic E-state index is 0.0486. The summed E-state index contributed by atoms with van der Waals surface area (Å²) in [6, 6.07) is 4.54. The van der Waals surface area contributed by atoms with Crippen molar-refractivity contribution >= 4 is 18.0 Å². The van der Waals surface area contributed by atoms with Crippen molar-refractivity contribution < 1.29 is 19.4 Å². The highest BCUT2D eigenvalue weighted by Gasteiger charge is 2.23. The van der Waals surface area contributed by atoms with E-state index in [0.29, 0.717) is 17.9 Å². The first-order chi connectivity index (χ1) is 10.6. The molecule has 8 nitrogen and oxygen atoms in total. The number of carbonyl (C=O) groups is 2. The molecule has 1 heterocycles. The van der Waals surface area contributed by atoms with Gasteiger partial charge in [0.25, 0.3) is 0 Å². The van der Waals surface area contributed by atoms with Crippen molar-refractivity contribution in [2.75, 3.05) is 6.61 Å². The number of hydrogen-bond acceptors (Lipinski definition) is 6. The molecule has 1 aliphatic rings. The highest BCUT2D eigenvalue weighted by molar-refractivity contribution is 5.84. The Hall–Kier alpha value is -2.61. The van der Waals surface area contributed by atoms with Gasteiger partial charge in [-0.25, -0.2) is 10.9 Å². The average Bonchev–Trinajstić information content (AvgIpc) is 2.88. The van der Waals surface area contributed by atoms with Crippen LogP contribution in [0.1, 0.15) is 25.3 Å². The summed E-state index contributed by atoms with van der Waals surface area (Å²) in [6.07, 6.45) is 1.87. The van der Waals surface area contributed by atoms with Gasteiger partial charge in [0, 0.05) is 18.9 Å². The predicted octanol–water partition coefficient (Wildman–Crippen LogP) is 0.0242. The Morgan fingerprint density at radius 1 is 1.59 bits per heavy atom. The summed E-state index contributed by atoms with van der Waals surface area (Å²) in [5.41, 5.74) is 8.22. The van der Waals surface area contributed by atoms with Gasteiger partial charge in [-0.1, -0.05) is 0 Å². The third-order valence-corrected chi connectivity index (χ3v) is 2.97. The maximum atomic E-state index is 11.7. The van der Waals surface area contributed by atoms with E-state index in [1.807, 2.05) is 6.92 Å². The van der Waals surface area contributed by atoms with E-state index in [1.165, 1.54) is 12.3 Å². The largest absolute Gasteiger partial charge is 0.504 e. The maximum Gasteiger partial charge on any atom is 0.241 e. The number of phenolic OH excluding ortho intramolecular Hbond substituents is 1. The quantitative estimate of drug-likeness (QED) is 0.437. The number of phenols is 1. The first-order valence-electron chi connectivity index (χ1n) is 6.90. The molecule has 1 fully saturated rings. The van der Waals surface area contributed by atoms with Crippen LogP contribution in [-0.2, 0) is 9.59 Å². The van der Waals surface area contributed by atoms with Crippen LogP contribution in [0.2, 0.25) is 0 Å². The lowest BCUT2D eigenvalue weighted by molar-refractivity contribution is -0.121. The summed E-state index contributed by atoms with van der Waals surface area (Å²) in [7, 11) is 0. The van der Waals surface area contributed by atoms with Crippen LogP contribution < -0.4 is 21.0 Å². The number of hydrazine groups is 1. The van der Waals surface area contributed by atoms with Gasteiger partial charge >= 0.3 is 0 Å². The number of carbonyl (C=O) groups excluding carboxylic acids is 2.